The van der Waals surface area contributed by atoms with Crippen LogP contribution in [0.2, 0.25) is 0 Å². The number of hydrogen-bond donors (Lipinski definition) is 1. The second-order valence-electron chi connectivity index (χ2n) is 4.69. The van der Waals surface area contributed by atoms with Crippen LogP contribution in [-0.4, -0.2) is 18.5 Å². The predicted octanol–water partition coefficient (Wildman–Crippen LogP) is 3.56. The molecular formula is C14H18BrNO2. The average Bonchev–Trinajstić information content (AvgIpc) is 2.85. The van der Waals surface area contributed by atoms with Crippen LogP contribution in [0, 0.1) is 0 Å². The molecule has 0 aromatic heterocycles. The van der Waals surface area contributed by atoms with E-state index in [0.717, 1.165) is 36.8 Å². The van der Waals surface area contributed by atoms with Crippen LogP contribution in [0.4, 0.5) is 5.69 Å². The van der Waals surface area contributed by atoms with Crippen LogP contribution < -0.4 is 5.73 Å². The van der Waals surface area contributed by atoms with Gasteiger partial charge >= 0.3 is 0 Å². The van der Waals surface area contributed by atoms with Gasteiger partial charge < -0.3 is 10.5 Å². The molecule has 0 aliphatic carbocycles. The van der Waals surface area contributed by atoms with Crippen molar-refractivity contribution in [1.29, 1.82) is 0 Å². The summed E-state index contributed by atoms with van der Waals surface area (Å²) in [7, 11) is 0. The lowest BCUT2D eigenvalue weighted by molar-refractivity contribution is 0.0922. The first-order valence-corrected chi connectivity index (χ1v) is 7.16. The fraction of sp³-hybridized carbons (Fsp3) is 0.500. The summed E-state index contributed by atoms with van der Waals surface area (Å²) in [6.45, 7) is 0.874. The van der Waals surface area contributed by atoms with E-state index < -0.39 is 0 Å². The predicted molar refractivity (Wildman–Crippen MR) is 75.7 cm³/mol. The Labute approximate surface area is 116 Å². The Bertz CT molecular complexity index is 428. The fourth-order valence-electron chi connectivity index (χ4n) is 2.25. The smallest absolute Gasteiger partial charge is 0.164 e. The van der Waals surface area contributed by atoms with Crippen molar-refractivity contribution in [1.82, 2.24) is 0 Å². The largest absolute Gasteiger partial charge is 0.399 e. The summed E-state index contributed by atoms with van der Waals surface area (Å²) in [6, 6.07) is 5.34. The number of benzene rings is 1. The number of ketones is 1. The summed E-state index contributed by atoms with van der Waals surface area (Å²) in [5.41, 5.74) is 7.01. The molecule has 1 fully saturated rings. The molecular weight excluding hydrogens is 294 g/mol. The average molecular weight is 312 g/mol. The lowest BCUT2D eigenvalue weighted by Gasteiger charge is -2.09. The number of carbonyl (C=O) groups is 1. The van der Waals surface area contributed by atoms with E-state index >= 15 is 0 Å². The number of carbonyl (C=O) groups excluding carboxylic acids is 1. The number of anilines is 1. The molecule has 1 heterocycles. The van der Waals surface area contributed by atoms with Crippen LogP contribution in [-0.2, 0) is 4.74 Å². The molecule has 0 spiro atoms. The third-order valence-corrected chi connectivity index (χ3v) is 3.94. The van der Waals surface area contributed by atoms with Gasteiger partial charge in [-0.2, -0.15) is 0 Å². The van der Waals surface area contributed by atoms with E-state index in [9.17, 15) is 4.79 Å². The molecule has 3 nitrogen and oxygen atoms in total. The van der Waals surface area contributed by atoms with Crippen molar-refractivity contribution in [3.63, 3.8) is 0 Å². The molecule has 1 aromatic rings. The molecule has 0 bridgehead atoms. The molecule has 1 atom stereocenters. The topological polar surface area (TPSA) is 52.3 Å². The zero-order chi connectivity index (χ0) is 13.0. The van der Waals surface area contributed by atoms with Crippen molar-refractivity contribution in [2.24, 2.45) is 0 Å². The fourth-order valence-corrected chi connectivity index (χ4v) is 2.72. The third kappa shape index (κ3) is 3.56. The Morgan fingerprint density at radius 1 is 1.50 bits per heavy atom. The molecule has 2 rings (SSSR count). The second-order valence-corrected chi connectivity index (χ2v) is 5.54. The molecule has 0 radical (unpaired) electrons. The SMILES string of the molecule is Nc1ccc(Br)c(C(=O)CCCC2CCCO2)c1. The molecule has 1 aromatic carbocycles. The van der Waals surface area contributed by atoms with Gasteiger partial charge in [0.05, 0.1) is 6.10 Å². The van der Waals surface area contributed by atoms with Gasteiger partial charge in [0.25, 0.3) is 0 Å². The zero-order valence-corrected chi connectivity index (χ0v) is 11.9. The highest BCUT2D eigenvalue weighted by Gasteiger charge is 2.16. The lowest BCUT2D eigenvalue weighted by atomic mass is 10.0. The maximum absolute atomic E-state index is 12.1. The van der Waals surface area contributed by atoms with E-state index in [-0.39, 0.29) is 5.78 Å². The first-order chi connectivity index (χ1) is 8.66. The van der Waals surface area contributed by atoms with Gasteiger partial charge in [0.2, 0.25) is 0 Å². The Morgan fingerprint density at radius 2 is 2.33 bits per heavy atom. The summed E-state index contributed by atoms with van der Waals surface area (Å²) in [6.07, 6.45) is 5.07. The van der Waals surface area contributed by atoms with Crippen LogP contribution in [0.3, 0.4) is 0 Å². The van der Waals surface area contributed by atoms with Crippen LogP contribution in [0.5, 0.6) is 0 Å². The first-order valence-electron chi connectivity index (χ1n) is 6.36. The quantitative estimate of drug-likeness (QED) is 0.668. The maximum atomic E-state index is 12.1. The summed E-state index contributed by atoms with van der Waals surface area (Å²) in [5, 5.41) is 0. The van der Waals surface area contributed by atoms with Gasteiger partial charge in [-0.15, -0.1) is 0 Å². The van der Waals surface area contributed by atoms with Crippen molar-refractivity contribution in [3.8, 4) is 0 Å². The normalized spacial score (nSPS) is 19.1. The number of hydrogen-bond acceptors (Lipinski definition) is 3. The minimum atomic E-state index is 0.146. The number of halogens is 1. The number of ether oxygens (including phenoxy) is 1. The number of rotatable bonds is 5. The molecule has 18 heavy (non-hydrogen) atoms. The Hall–Kier alpha value is -0.870. The highest BCUT2D eigenvalue weighted by atomic mass is 79.9. The van der Waals surface area contributed by atoms with Gasteiger partial charge in [0, 0.05) is 28.8 Å². The molecule has 1 saturated heterocycles. The second kappa shape index (κ2) is 6.34. The Kier molecular flexibility index (Phi) is 4.78. The van der Waals surface area contributed by atoms with Gasteiger partial charge in [0.1, 0.15) is 0 Å². The van der Waals surface area contributed by atoms with E-state index in [1.54, 1.807) is 12.1 Å². The molecule has 0 amide bonds. The molecule has 2 N–H and O–H groups in total. The molecule has 98 valence electrons. The first kappa shape index (κ1) is 13.6. The maximum Gasteiger partial charge on any atom is 0.164 e. The van der Waals surface area contributed by atoms with Crippen molar-refractivity contribution in [3.05, 3.63) is 28.2 Å². The minimum absolute atomic E-state index is 0.146. The van der Waals surface area contributed by atoms with Crippen LogP contribution in [0.15, 0.2) is 22.7 Å². The highest BCUT2D eigenvalue weighted by Crippen LogP contribution is 2.23. The van der Waals surface area contributed by atoms with Crippen LogP contribution in [0.1, 0.15) is 42.5 Å². The summed E-state index contributed by atoms with van der Waals surface area (Å²) in [4.78, 5) is 12.1. The molecule has 0 saturated carbocycles. The van der Waals surface area contributed by atoms with Crippen molar-refractivity contribution in [2.45, 2.75) is 38.2 Å². The number of Topliss-reactive ketones (excluding diaryl/α,β-unsaturated/α-hetero) is 1. The van der Waals surface area contributed by atoms with E-state index in [0.29, 0.717) is 23.8 Å². The Balaban J connectivity index is 1.85. The minimum Gasteiger partial charge on any atom is -0.399 e. The zero-order valence-electron chi connectivity index (χ0n) is 10.3. The van der Waals surface area contributed by atoms with Gasteiger partial charge in [-0.05, 0) is 43.9 Å². The van der Waals surface area contributed by atoms with E-state index in [1.165, 1.54) is 0 Å². The van der Waals surface area contributed by atoms with E-state index in [2.05, 4.69) is 15.9 Å². The number of nitrogen functional groups attached to an aromatic ring is 1. The van der Waals surface area contributed by atoms with Gasteiger partial charge in [-0.25, -0.2) is 0 Å². The molecule has 4 heteroatoms. The van der Waals surface area contributed by atoms with Gasteiger partial charge in [0.15, 0.2) is 5.78 Å². The van der Waals surface area contributed by atoms with Crippen molar-refractivity contribution >= 4 is 27.4 Å². The summed E-state index contributed by atoms with van der Waals surface area (Å²) < 4.78 is 6.36. The number of nitrogens with two attached hydrogens (primary N) is 1. The highest BCUT2D eigenvalue weighted by molar-refractivity contribution is 9.10. The van der Waals surface area contributed by atoms with Gasteiger partial charge in [-0.3, -0.25) is 4.79 Å². The van der Waals surface area contributed by atoms with E-state index in [4.69, 9.17) is 10.5 Å². The van der Waals surface area contributed by atoms with Crippen molar-refractivity contribution < 1.29 is 9.53 Å². The van der Waals surface area contributed by atoms with Crippen LogP contribution in [0.25, 0.3) is 0 Å². The van der Waals surface area contributed by atoms with Crippen molar-refractivity contribution in [2.75, 3.05) is 12.3 Å². The summed E-state index contributed by atoms with van der Waals surface area (Å²) >= 11 is 3.39. The van der Waals surface area contributed by atoms with E-state index in [1.807, 2.05) is 6.07 Å². The standard InChI is InChI=1S/C14H18BrNO2/c15-13-7-6-10(16)9-12(13)14(17)5-1-3-11-4-2-8-18-11/h6-7,9,11H,1-5,8,16H2. The van der Waals surface area contributed by atoms with Crippen LogP contribution >= 0.6 is 15.9 Å². The monoisotopic (exact) mass is 311 g/mol. The molecule has 1 unspecified atom stereocenters. The third-order valence-electron chi connectivity index (χ3n) is 3.24. The lowest BCUT2D eigenvalue weighted by Crippen LogP contribution is -2.07. The van der Waals surface area contributed by atoms with Gasteiger partial charge in [-0.1, -0.05) is 15.9 Å². The Morgan fingerprint density at radius 3 is 3.06 bits per heavy atom. The summed E-state index contributed by atoms with van der Waals surface area (Å²) in [5.74, 6) is 0.146. The molecule has 1 aliphatic heterocycles. The molecule has 1 aliphatic rings.